The summed E-state index contributed by atoms with van der Waals surface area (Å²) >= 11 is 5.47. The first kappa shape index (κ1) is 12.4. The van der Waals surface area contributed by atoms with Gasteiger partial charge in [-0.3, -0.25) is 0 Å². The zero-order valence-electron chi connectivity index (χ0n) is 11.0. The first-order chi connectivity index (χ1) is 9.22. The summed E-state index contributed by atoms with van der Waals surface area (Å²) in [5.41, 5.74) is 2.60. The Kier molecular flexibility index (Phi) is 3.16. The molecule has 1 atom stereocenters. The first-order valence-electron chi connectivity index (χ1n) is 6.85. The molecule has 0 saturated heterocycles. The molecular formula is C15H17N3S. The van der Waals surface area contributed by atoms with Gasteiger partial charge in [0.2, 0.25) is 0 Å². The number of nitriles is 1. The van der Waals surface area contributed by atoms with Crippen LogP contribution in [-0.2, 0) is 0 Å². The Labute approximate surface area is 117 Å². The van der Waals surface area contributed by atoms with Crippen LogP contribution in [0.3, 0.4) is 0 Å². The van der Waals surface area contributed by atoms with Crippen LogP contribution >= 0.6 is 12.2 Å². The van der Waals surface area contributed by atoms with Crippen molar-refractivity contribution in [1.82, 2.24) is 9.55 Å². The summed E-state index contributed by atoms with van der Waals surface area (Å²) in [6.07, 6.45) is 5.23. The summed E-state index contributed by atoms with van der Waals surface area (Å²) in [6.45, 7) is 2.25. The van der Waals surface area contributed by atoms with Crippen molar-refractivity contribution in [2.45, 2.75) is 38.6 Å². The molecule has 0 radical (unpaired) electrons. The van der Waals surface area contributed by atoms with E-state index in [0.717, 1.165) is 15.8 Å². The zero-order chi connectivity index (χ0) is 13.4. The second kappa shape index (κ2) is 4.82. The van der Waals surface area contributed by atoms with Crippen molar-refractivity contribution in [1.29, 1.82) is 5.26 Å². The average molecular weight is 271 g/mol. The third-order valence-corrected chi connectivity index (χ3v) is 4.66. The van der Waals surface area contributed by atoms with Crippen molar-refractivity contribution < 1.29 is 0 Å². The molecule has 98 valence electrons. The minimum atomic E-state index is 0.401. The van der Waals surface area contributed by atoms with Gasteiger partial charge in [-0.05, 0) is 50.0 Å². The van der Waals surface area contributed by atoms with E-state index in [9.17, 15) is 5.26 Å². The van der Waals surface area contributed by atoms with Gasteiger partial charge in [-0.15, -0.1) is 0 Å². The predicted octanol–water partition coefficient (Wildman–Crippen LogP) is 4.32. The number of hydrogen-bond acceptors (Lipinski definition) is 2. The SMILES string of the molecule is CC(C1CCCC1)n1c(=S)[nH]c2c(C#N)cccc21. The Bertz CT molecular complexity index is 698. The molecule has 0 bridgehead atoms. The summed E-state index contributed by atoms with van der Waals surface area (Å²) < 4.78 is 2.93. The molecule has 1 aromatic carbocycles. The van der Waals surface area contributed by atoms with Crippen LogP contribution in [0.4, 0.5) is 0 Å². The minimum Gasteiger partial charge on any atom is -0.329 e. The molecule has 1 aromatic heterocycles. The van der Waals surface area contributed by atoms with E-state index in [1.54, 1.807) is 0 Å². The van der Waals surface area contributed by atoms with Gasteiger partial charge in [-0.2, -0.15) is 5.26 Å². The molecule has 0 amide bonds. The Morgan fingerprint density at radius 3 is 2.84 bits per heavy atom. The molecule has 0 spiro atoms. The number of para-hydroxylation sites is 1. The summed E-state index contributed by atoms with van der Waals surface area (Å²) in [7, 11) is 0. The molecule has 3 rings (SSSR count). The maximum absolute atomic E-state index is 9.17. The fourth-order valence-corrected chi connectivity index (χ4v) is 3.66. The molecule has 1 aliphatic rings. The van der Waals surface area contributed by atoms with Crippen LogP contribution in [-0.4, -0.2) is 9.55 Å². The summed E-state index contributed by atoms with van der Waals surface area (Å²) in [6, 6.07) is 8.44. The van der Waals surface area contributed by atoms with Gasteiger partial charge < -0.3 is 9.55 Å². The van der Waals surface area contributed by atoms with E-state index in [0.29, 0.717) is 17.5 Å². The molecule has 2 aromatic rings. The highest BCUT2D eigenvalue weighted by Gasteiger charge is 2.24. The number of imidazole rings is 1. The molecule has 0 aliphatic heterocycles. The Morgan fingerprint density at radius 2 is 2.16 bits per heavy atom. The molecule has 3 nitrogen and oxygen atoms in total. The summed E-state index contributed by atoms with van der Waals surface area (Å²) in [4.78, 5) is 3.21. The highest BCUT2D eigenvalue weighted by molar-refractivity contribution is 7.71. The van der Waals surface area contributed by atoms with Crippen molar-refractivity contribution in [3.8, 4) is 6.07 Å². The Hall–Kier alpha value is -1.60. The average Bonchev–Trinajstić information content (AvgIpc) is 3.04. The second-order valence-electron chi connectivity index (χ2n) is 5.40. The monoisotopic (exact) mass is 271 g/mol. The maximum Gasteiger partial charge on any atom is 0.178 e. The van der Waals surface area contributed by atoms with E-state index in [1.807, 2.05) is 18.2 Å². The van der Waals surface area contributed by atoms with E-state index in [2.05, 4.69) is 22.5 Å². The highest BCUT2D eigenvalue weighted by atomic mass is 32.1. The maximum atomic E-state index is 9.17. The molecule has 19 heavy (non-hydrogen) atoms. The van der Waals surface area contributed by atoms with Gasteiger partial charge in [0.25, 0.3) is 0 Å². The van der Waals surface area contributed by atoms with Crippen LogP contribution in [0.2, 0.25) is 0 Å². The molecule has 1 aliphatic carbocycles. The molecule has 1 heterocycles. The van der Waals surface area contributed by atoms with E-state index in [4.69, 9.17) is 12.2 Å². The van der Waals surface area contributed by atoms with Crippen molar-refractivity contribution in [2.24, 2.45) is 5.92 Å². The van der Waals surface area contributed by atoms with Crippen LogP contribution < -0.4 is 0 Å². The molecule has 1 unspecified atom stereocenters. The van der Waals surface area contributed by atoms with Crippen LogP contribution in [0.1, 0.15) is 44.2 Å². The Balaban J connectivity index is 2.16. The number of nitrogens with one attached hydrogen (secondary N) is 1. The van der Waals surface area contributed by atoms with Gasteiger partial charge in [0.15, 0.2) is 4.77 Å². The van der Waals surface area contributed by atoms with E-state index < -0.39 is 0 Å². The van der Waals surface area contributed by atoms with Gasteiger partial charge in [0.1, 0.15) is 6.07 Å². The number of benzene rings is 1. The molecule has 1 N–H and O–H groups in total. The highest BCUT2D eigenvalue weighted by Crippen LogP contribution is 2.36. The van der Waals surface area contributed by atoms with Gasteiger partial charge in [0.05, 0.1) is 16.6 Å². The lowest BCUT2D eigenvalue weighted by Gasteiger charge is -2.21. The Morgan fingerprint density at radius 1 is 1.42 bits per heavy atom. The van der Waals surface area contributed by atoms with Crippen LogP contribution in [0.15, 0.2) is 18.2 Å². The summed E-state index contributed by atoms with van der Waals surface area (Å²) in [5, 5.41) is 9.17. The first-order valence-corrected chi connectivity index (χ1v) is 7.26. The van der Waals surface area contributed by atoms with Crippen molar-refractivity contribution in [2.75, 3.05) is 0 Å². The van der Waals surface area contributed by atoms with Gasteiger partial charge in [0, 0.05) is 6.04 Å². The normalized spacial score (nSPS) is 17.7. The lowest BCUT2D eigenvalue weighted by Crippen LogP contribution is -2.14. The molecule has 1 saturated carbocycles. The van der Waals surface area contributed by atoms with Crippen molar-refractivity contribution in [3.05, 3.63) is 28.5 Å². The smallest absolute Gasteiger partial charge is 0.178 e. The van der Waals surface area contributed by atoms with Gasteiger partial charge in [-0.25, -0.2) is 0 Å². The number of H-pyrrole nitrogens is 1. The second-order valence-corrected chi connectivity index (χ2v) is 5.78. The topological polar surface area (TPSA) is 44.5 Å². The summed E-state index contributed by atoms with van der Waals surface area (Å²) in [5.74, 6) is 0.705. The van der Waals surface area contributed by atoms with E-state index in [-0.39, 0.29) is 0 Å². The zero-order valence-corrected chi connectivity index (χ0v) is 11.8. The standard InChI is InChI=1S/C15H17N3S/c1-10(11-5-2-3-6-11)18-13-8-4-7-12(9-16)14(13)17-15(18)19/h4,7-8,10-11H,2-3,5-6H2,1H3,(H,17,19). The van der Waals surface area contributed by atoms with Crippen LogP contribution in [0.25, 0.3) is 11.0 Å². The van der Waals surface area contributed by atoms with E-state index >= 15 is 0 Å². The minimum absolute atomic E-state index is 0.401. The number of aromatic nitrogens is 2. The fraction of sp³-hybridized carbons (Fsp3) is 0.467. The number of hydrogen-bond donors (Lipinski definition) is 1. The predicted molar refractivity (Wildman–Crippen MR) is 78.5 cm³/mol. The number of fused-ring (bicyclic) bond motifs is 1. The van der Waals surface area contributed by atoms with Crippen LogP contribution in [0, 0.1) is 22.0 Å². The quantitative estimate of drug-likeness (QED) is 0.827. The van der Waals surface area contributed by atoms with Crippen molar-refractivity contribution in [3.63, 3.8) is 0 Å². The number of aromatic amines is 1. The van der Waals surface area contributed by atoms with Crippen LogP contribution in [0.5, 0.6) is 0 Å². The van der Waals surface area contributed by atoms with E-state index in [1.165, 1.54) is 25.7 Å². The fourth-order valence-electron chi connectivity index (χ4n) is 3.30. The molecular weight excluding hydrogens is 254 g/mol. The lowest BCUT2D eigenvalue weighted by molar-refractivity contribution is 0.365. The third kappa shape index (κ3) is 1.98. The molecule has 4 heteroatoms. The van der Waals surface area contributed by atoms with Gasteiger partial charge in [-0.1, -0.05) is 18.9 Å². The third-order valence-electron chi connectivity index (χ3n) is 4.36. The van der Waals surface area contributed by atoms with Crippen molar-refractivity contribution >= 4 is 23.3 Å². The largest absolute Gasteiger partial charge is 0.329 e. The lowest BCUT2D eigenvalue weighted by atomic mass is 9.99. The number of rotatable bonds is 2. The number of nitrogens with zero attached hydrogens (tertiary/aromatic N) is 2. The molecule has 1 fully saturated rings. The van der Waals surface area contributed by atoms with Gasteiger partial charge >= 0.3 is 0 Å².